The van der Waals surface area contributed by atoms with Gasteiger partial charge in [0.1, 0.15) is 11.9 Å². The van der Waals surface area contributed by atoms with Crippen LogP contribution in [0, 0.1) is 0 Å². The molecule has 4 nitrogen and oxygen atoms in total. The summed E-state index contributed by atoms with van der Waals surface area (Å²) >= 11 is 0. The first-order chi connectivity index (χ1) is 18.5. The standard InChI is InChI=1S/C31H34F3NO3/c1-2-7-22-8-3-4-11-27(24-13-15-28-29(20-24)38-31(33,34)37-28)30(22)23-9-5-10-25(14-12-23)36-26-16-19-35(21-26)18-6-17-32/h2,5,7,9,12-15,20,26H,1,3-4,6,8,10-11,16-19,21H2/b22-7+/t26-/m0/s1. The maximum absolute atomic E-state index is 13.7. The smallest absolute Gasteiger partial charge is 0.493 e. The van der Waals surface area contributed by atoms with E-state index in [9.17, 15) is 13.2 Å². The largest absolute Gasteiger partial charge is 0.586 e. The van der Waals surface area contributed by atoms with Gasteiger partial charge in [0.25, 0.3) is 0 Å². The van der Waals surface area contributed by atoms with Gasteiger partial charge in [-0.1, -0.05) is 43.0 Å². The van der Waals surface area contributed by atoms with Crippen molar-refractivity contribution in [2.24, 2.45) is 0 Å². The number of allylic oxidation sites excluding steroid dienone is 10. The Kier molecular flexibility index (Phi) is 8.12. The minimum Gasteiger partial charge on any atom is -0.493 e. The van der Waals surface area contributed by atoms with E-state index in [4.69, 9.17) is 9.47 Å². The summed E-state index contributed by atoms with van der Waals surface area (Å²) < 4.78 is 55.6. The summed E-state index contributed by atoms with van der Waals surface area (Å²) in [6.07, 6.45) is 14.6. The van der Waals surface area contributed by atoms with Gasteiger partial charge in [0.05, 0.1) is 6.67 Å². The Balaban J connectivity index is 1.45. The van der Waals surface area contributed by atoms with Crippen LogP contribution in [0.4, 0.5) is 13.2 Å². The van der Waals surface area contributed by atoms with E-state index in [2.05, 4.69) is 34.4 Å². The molecule has 5 rings (SSSR count). The summed E-state index contributed by atoms with van der Waals surface area (Å²) in [7, 11) is 0. The second kappa shape index (κ2) is 11.7. The highest BCUT2D eigenvalue weighted by Crippen LogP contribution is 2.45. The first-order valence-electron chi connectivity index (χ1n) is 13.4. The number of benzene rings is 1. The van der Waals surface area contributed by atoms with Gasteiger partial charge < -0.3 is 14.2 Å². The van der Waals surface area contributed by atoms with Crippen molar-refractivity contribution < 1.29 is 27.4 Å². The second-order valence-electron chi connectivity index (χ2n) is 10.1. The van der Waals surface area contributed by atoms with Gasteiger partial charge in [0.2, 0.25) is 0 Å². The third kappa shape index (κ3) is 6.09. The predicted octanol–water partition coefficient (Wildman–Crippen LogP) is 7.67. The number of nitrogens with zero attached hydrogens (tertiary/aromatic N) is 1. The summed E-state index contributed by atoms with van der Waals surface area (Å²) in [6, 6.07) is 5.04. The Morgan fingerprint density at radius 2 is 1.97 bits per heavy atom. The van der Waals surface area contributed by atoms with Crippen LogP contribution in [0.15, 0.2) is 83.7 Å². The average Bonchev–Trinajstić information content (AvgIpc) is 3.29. The Morgan fingerprint density at radius 1 is 1.13 bits per heavy atom. The lowest BCUT2D eigenvalue weighted by Gasteiger charge is -2.17. The molecule has 1 aromatic carbocycles. The SMILES string of the molecule is C=C/C=C1\CCCCC(c2ccc3c(c2)OC(F)(F)O3)=C1C1=CC=C(O[C@H]2CCN(CCCF)C2)CC=C1. The lowest BCUT2D eigenvalue weighted by molar-refractivity contribution is -0.286. The van der Waals surface area contributed by atoms with Crippen molar-refractivity contribution in [3.8, 4) is 11.5 Å². The van der Waals surface area contributed by atoms with Crippen LogP contribution >= 0.6 is 0 Å². The molecule has 1 atom stereocenters. The van der Waals surface area contributed by atoms with Gasteiger partial charge >= 0.3 is 6.29 Å². The van der Waals surface area contributed by atoms with Gasteiger partial charge in [-0.05, 0) is 84.6 Å². The van der Waals surface area contributed by atoms with Crippen molar-refractivity contribution >= 4 is 5.57 Å². The summed E-state index contributed by atoms with van der Waals surface area (Å²) in [4.78, 5) is 2.26. The first kappa shape index (κ1) is 26.4. The molecule has 4 aliphatic rings. The maximum Gasteiger partial charge on any atom is 0.586 e. The molecule has 0 N–H and O–H groups in total. The first-order valence-corrected chi connectivity index (χ1v) is 13.4. The summed E-state index contributed by atoms with van der Waals surface area (Å²) in [5.74, 6) is 1.00. The van der Waals surface area contributed by atoms with Crippen LogP contribution in [-0.2, 0) is 4.74 Å². The third-order valence-corrected chi connectivity index (χ3v) is 7.32. The van der Waals surface area contributed by atoms with Gasteiger partial charge in [-0.25, -0.2) is 0 Å². The number of alkyl halides is 3. The normalized spacial score (nSPS) is 24.2. The van der Waals surface area contributed by atoms with Crippen molar-refractivity contribution in [1.82, 2.24) is 4.90 Å². The molecule has 2 aliphatic carbocycles. The zero-order valence-corrected chi connectivity index (χ0v) is 21.6. The van der Waals surface area contributed by atoms with Crippen molar-refractivity contribution in [1.29, 1.82) is 0 Å². The number of hydrogen-bond acceptors (Lipinski definition) is 4. The van der Waals surface area contributed by atoms with Crippen LogP contribution in [0.1, 0.15) is 50.5 Å². The highest BCUT2D eigenvalue weighted by molar-refractivity contribution is 5.80. The molecule has 2 heterocycles. The fraction of sp³-hybridized carbons (Fsp3) is 0.419. The Labute approximate surface area is 222 Å². The van der Waals surface area contributed by atoms with E-state index < -0.39 is 6.29 Å². The molecule has 0 bridgehead atoms. The molecule has 1 saturated heterocycles. The Bertz CT molecular complexity index is 1210. The Hall–Kier alpha value is -3.19. The molecule has 7 heteroatoms. The number of hydrogen-bond donors (Lipinski definition) is 0. The summed E-state index contributed by atoms with van der Waals surface area (Å²) in [5, 5.41) is 0. The molecule has 1 fully saturated rings. The van der Waals surface area contributed by atoms with Gasteiger partial charge in [-0.3, -0.25) is 9.29 Å². The van der Waals surface area contributed by atoms with Gasteiger partial charge in [0.15, 0.2) is 11.5 Å². The van der Waals surface area contributed by atoms with Gasteiger partial charge in [-0.2, -0.15) is 0 Å². The van der Waals surface area contributed by atoms with E-state index in [1.165, 1.54) is 5.57 Å². The quantitative estimate of drug-likeness (QED) is 0.349. The number of rotatable bonds is 8. The molecular weight excluding hydrogens is 491 g/mol. The van der Waals surface area contributed by atoms with E-state index in [-0.39, 0.29) is 24.3 Å². The van der Waals surface area contributed by atoms with Crippen LogP contribution in [0.2, 0.25) is 0 Å². The molecule has 1 aromatic rings. The van der Waals surface area contributed by atoms with E-state index in [0.717, 1.165) is 79.8 Å². The fourth-order valence-electron chi connectivity index (χ4n) is 5.61. The third-order valence-electron chi connectivity index (χ3n) is 7.32. The van der Waals surface area contributed by atoms with Crippen LogP contribution in [0.5, 0.6) is 11.5 Å². The van der Waals surface area contributed by atoms with E-state index in [1.807, 2.05) is 18.2 Å². The van der Waals surface area contributed by atoms with Crippen LogP contribution in [0.3, 0.4) is 0 Å². The van der Waals surface area contributed by atoms with Crippen LogP contribution in [-0.4, -0.2) is 43.6 Å². The molecule has 2 aliphatic heterocycles. The lowest BCUT2D eigenvalue weighted by Crippen LogP contribution is -2.25. The highest BCUT2D eigenvalue weighted by Gasteiger charge is 2.43. The minimum absolute atomic E-state index is 0.0462. The molecule has 38 heavy (non-hydrogen) atoms. The van der Waals surface area contributed by atoms with E-state index in [0.29, 0.717) is 12.8 Å². The fourth-order valence-corrected chi connectivity index (χ4v) is 5.61. The maximum atomic E-state index is 13.7. The molecule has 0 unspecified atom stereocenters. The minimum atomic E-state index is -3.65. The number of fused-ring (bicyclic) bond motifs is 1. The van der Waals surface area contributed by atoms with Crippen LogP contribution < -0.4 is 9.47 Å². The monoisotopic (exact) mass is 525 g/mol. The van der Waals surface area contributed by atoms with Crippen LogP contribution in [0.25, 0.3) is 5.57 Å². The number of likely N-dealkylation sites (tertiary alicyclic amines) is 1. The molecule has 0 amide bonds. The number of ether oxygens (including phenoxy) is 3. The van der Waals surface area contributed by atoms with Crippen molar-refractivity contribution in [3.05, 3.63) is 89.3 Å². The van der Waals surface area contributed by atoms with Gasteiger partial charge in [-0.15, -0.1) is 8.78 Å². The zero-order valence-electron chi connectivity index (χ0n) is 21.6. The van der Waals surface area contributed by atoms with Gasteiger partial charge in [0, 0.05) is 26.1 Å². The summed E-state index contributed by atoms with van der Waals surface area (Å²) in [6.45, 7) is 6.16. The summed E-state index contributed by atoms with van der Waals surface area (Å²) in [5.41, 5.74) is 5.25. The predicted molar refractivity (Wildman–Crippen MR) is 143 cm³/mol. The highest BCUT2D eigenvalue weighted by atomic mass is 19.3. The van der Waals surface area contributed by atoms with E-state index >= 15 is 0 Å². The molecule has 0 aromatic heterocycles. The topological polar surface area (TPSA) is 30.9 Å². The van der Waals surface area contributed by atoms with Crippen molar-refractivity contribution in [2.45, 2.75) is 57.3 Å². The van der Waals surface area contributed by atoms with E-state index in [1.54, 1.807) is 18.2 Å². The molecular formula is C31H34F3NO3. The Morgan fingerprint density at radius 3 is 2.82 bits per heavy atom. The lowest BCUT2D eigenvalue weighted by atomic mass is 9.87. The molecule has 202 valence electrons. The zero-order chi connectivity index (χ0) is 26.5. The molecule has 0 saturated carbocycles. The van der Waals surface area contributed by atoms with Crippen molar-refractivity contribution in [3.63, 3.8) is 0 Å². The second-order valence-corrected chi connectivity index (χ2v) is 10.1. The number of halogens is 3. The molecule has 0 radical (unpaired) electrons. The molecule has 0 spiro atoms. The van der Waals surface area contributed by atoms with Crippen molar-refractivity contribution in [2.75, 3.05) is 26.3 Å². The average molecular weight is 526 g/mol.